The number of rotatable bonds is 5. The molecule has 1 aromatic rings. The lowest BCUT2D eigenvalue weighted by molar-refractivity contribution is -0.0948. The van der Waals surface area contributed by atoms with Crippen molar-refractivity contribution in [3.8, 4) is 5.75 Å². The Morgan fingerprint density at radius 2 is 2.17 bits per heavy atom. The molecule has 0 radical (unpaired) electrons. The number of morpholine rings is 1. The van der Waals surface area contributed by atoms with Gasteiger partial charge in [-0.15, -0.1) is 0 Å². The summed E-state index contributed by atoms with van der Waals surface area (Å²) in [6, 6.07) is 5.79. The first kappa shape index (κ1) is 17.2. The topological polar surface area (TPSA) is 64.8 Å². The van der Waals surface area contributed by atoms with Crippen LogP contribution in [0.1, 0.15) is 48.0 Å². The summed E-state index contributed by atoms with van der Waals surface area (Å²) in [4.78, 5) is 15.0. The number of carbonyl (C=O) groups is 1. The molecule has 132 valence electrons. The lowest BCUT2D eigenvalue weighted by Gasteiger charge is -2.40. The van der Waals surface area contributed by atoms with Crippen LogP contribution in [0.2, 0.25) is 0 Å². The van der Waals surface area contributed by atoms with E-state index in [2.05, 4.69) is 0 Å². The quantitative estimate of drug-likeness (QED) is 0.842. The van der Waals surface area contributed by atoms with Gasteiger partial charge in [0.1, 0.15) is 5.75 Å². The Kier molecular flexibility index (Phi) is 5.41. The highest BCUT2D eigenvalue weighted by Gasteiger charge is 2.41. The fourth-order valence-corrected chi connectivity index (χ4v) is 3.70. The summed E-state index contributed by atoms with van der Waals surface area (Å²) < 4.78 is 11.9. The summed E-state index contributed by atoms with van der Waals surface area (Å²) in [5.74, 6) is 0.715. The SMILES string of the molecule is Cc1ccc(C(=O)N2CCOC3(CCCC3)C2)c(OCCCN)c1. The lowest BCUT2D eigenvalue weighted by Crippen LogP contribution is -2.52. The number of aryl methyl sites for hydroxylation is 1. The summed E-state index contributed by atoms with van der Waals surface area (Å²) in [6.45, 7) is 5.10. The molecule has 1 aromatic carbocycles. The Balaban J connectivity index is 1.76. The van der Waals surface area contributed by atoms with Crippen molar-refractivity contribution in [2.45, 2.75) is 44.6 Å². The standard InChI is InChI=1S/C19H28N2O3/c1-15-5-6-16(17(13-15)23-11-4-9-20)18(22)21-10-12-24-19(14-21)7-2-3-8-19/h5-6,13H,2-4,7-12,14,20H2,1H3. The number of amides is 1. The molecule has 1 aliphatic carbocycles. The van der Waals surface area contributed by atoms with Crippen LogP contribution in [0.5, 0.6) is 5.75 Å². The second-order valence-electron chi connectivity index (χ2n) is 6.96. The Morgan fingerprint density at radius 1 is 1.38 bits per heavy atom. The molecule has 1 heterocycles. The molecule has 0 atom stereocenters. The van der Waals surface area contributed by atoms with Crippen molar-refractivity contribution in [3.05, 3.63) is 29.3 Å². The van der Waals surface area contributed by atoms with Gasteiger partial charge in [0.2, 0.25) is 0 Å². The third-order valence-corrected chi connectivity index (χ3v) is 5.02. The Morgan fingerprint density at radius 3 is 2.92 bits per heavy atom. The number of ether oxygens (including phenoxy) is 2. The molecule has 1 amide bonds. The molecule has 0 aromatic heterocycles. The lowest BCUT2D eigenvalue weighted by atomic mass is 9.99. The second-order valence-corrected chi connectivity index (χ2v) is 6.96. The van der Waals surface area contributed by atoms with E-state index < -0.39 is 0 Å². The van der Waals surface area contributed by atoms with Crippen LogP contribution in [0.4, 0.5) is 0 Å². The highest BCUT2D eigenvalue weighted by molar-refractivity contribution is 5.97. The number of carbonyl (C=O) groups excluding carboxylic acids is 1. The summed E-state index contributed by atoms with van der Waals surface area (Å²) in [6.07, 6.45) is 5.29. The molecule has 1 saturated heterocycles. The highest BCUT2D eigenvalue weighted by atomic mass is 16.5. The van der Waals surface area contributed by atoms with Gasteiger partial charge in [-0.25, -0.2) is 0 Å². The minimum Gasteiger partial charge on any atom is -0.493 e. The average molecular weight is 332 g/mol. The smallest absolute Gasteiger partial charge is 0.257 e. The van der Waals surface area contributed by atoms with Crippen LogP contribution in [-0.2, 0) is 4.74 Å². The van der Waals surface area contributed by atoms with Crippen molar-refractivity contribution in [2.75, 3.05) is 32.8 Å². The molecule has 2 fully saturated rings. The fraction of sp³-hybridized carbons (Fsp3) is 0.632. The molecule has 2 N–H and O–H groups in total. The summed E-state index contributed by atoms with van der Waals surface area (Å²) in [5, 5.41) is 0. The van der Waals surface area contributed by atoms with E-state index in [0.717, 1.165) is 24.8 Å². The minimum absolute atomic E-state index is 0.0484. The molecule has 3 rings (SSSR count). The number of hydrogen-bond donors (Lipinski definition) is 1. The van der Waals surface area contributed by atoms with E-state index in [1.807, 2.05) is 30.0 Å². The van der Waals surface area contributed by atoms with Crippen LogP contribution in [0.3, 0.4) is 0 Å². The normalized spacial score (nSPS) is 19.7. The van der Waals surface area contributed by atoms with E-state index in [4.69, 9.17) is 15.2 Å². The van der Waals surface area contributed by atoms with E-state index in [1.54, 1.807) is 0 Å². The highest BCUT2D eigenvalue weighted by Crippen LogP contribution is 2.36. The van der Waals surface area contributed by atoms with Crippen LogP contribution in [0.25, 0.3) is 0 Å². The molecule has 0 bridgehead atoms. The largest absolute Gasteiger partial charge is 0.493 e. The van der Waals surface area contributed by atoms with Crippen molar-refractivity contribution < 1.29 is 14.3 Å². The monoisotopic (exact) mass is 332 g/mol. The van der Waals surface area contributed by atoms with Gasteiger partial charge in [0.15, 0.2) is 0 Å². The second kappa shape index (κ2) is 7.53. The van der Waals surface area contributed by atoms with Crippen LogP contribution < -0.4 is 10.5 Å². The maximum absolute atomic E-state index is 13.1. The van der Waals surface area contributed by atoms with E-state index in [9.17, 15) is 4.79 Å². The van der Waals surface area contributed by atoms with E-state index >= 15 is 0 Å². The third kappa shape index (κ3) is 3.73. The predicted octanol–water partition coefficient (Wildman–Crippen LogP) is 2.51. The first-order chi connectivity index (χ1) is 11.6. The zero-order chi connectivity index (χ0) is 17.0. The Hall–Kier alpha value is -1.59. The maximum Gasteiger partial charge on any atom is 0.257 e. The van der Waals surface area contributed by atoms with Gasteiger partial charge in [-0.3, -0.25) is 4.79 Å². The number of hydrogen-bond acceptors (Lipinski definition) is 4. The van der Waals surface area contributed by atoms with Crippen molar-refractivity contribution >= 4 is 5.91 Å². The zero-order valence-electron chi connectivity index (χ0n) is 14.6. The van der Waals surface area contributed by atoms with Crippen molar-refractivity contribution in [2.24, 2.45) is 5.73 Å². The van der Waals surface area contributed by atoms with E-state index in [0.29, 0.717) is 44.2 Å². The molecular weight excluding hydrogens is 304 g/mol. The van der Waals surface area contributed by atoms with Gasteiger partial charge in [-0.1, -0.05) is 18.9 Å². The summed E-state index contributed by atoms with van der Waals surface area (Å²) in [7, 11) is 0. The molecule has 0 unspecified atom stereocenters. The zero-order valence-corrected chi connectivity index (χ0v) is 14.6. The predicted molar refractivity (Wildman–Crippen MR) is 93.4 cm³/mol. The van der Waals surface area contributed by atoms with E-state index in [1.165, 1.54) is 12.8 Å². The maximum atomic E-state index is 13.1. The van der Waals surface area contributed by atoms with Gasteiger partial charge < -0.3 is 20.1 Å². The first-order valence-electron chi connectivity index (χ1n) is 9.00. The fourth-order valence-electron chi connectivity index (χ4n) is 3.70. The summed E-state index contributed by atoms with van der Waals surface area (Å²) >= 11 is 0. The number of benzene rings is 1. The minimum atomic E-state index is -0.112. The molecule has 1 aliphatic heterocycles. The van der Waals surface area contributed by atoms with Gasteiger partial charge >= 0.3 is 0 Å². The van der Waals surface area contributed by atoms with Gasteiger partial charge in [-0.05, 0) is 50.4 Å². The van der Waals surface area contributed by atoms with Crippen LogP contribution >= 0.6 is 0 Å². The number of nitrogens with two attached hydrogens (primary N) is 1. The van der Waals surface area contributed by atoms with Crippen LogP contribution in [0, 0.1) is 6.92 Å². The third-order valence-electron chi connectivity index (χ3n) is 5.02. The van der Waals surface area contributed by atoms with E-state index in [-0.39, 0.29) is 11.5 Å². The molecule has 2 aliphatic rings. The van der Waals surface area contributed by atoms with Gasteiger partial charge in [0.05, 0.1) is 30.9 Å². The Labute approximate surface area is 144 Å². The molecule has 24 heavy (non-hydrogen) atoms. The van der Waals surface area contributed by atoms with Gasteiger partial charge in [-0.2, -0.15) is 0 Å². The van der Waals surface area contributed by atoms with Crippen molar-refractivity contribution in [1.82, 2.24) is 4.90 Å². The Bertz CT molecular complexity index is 582. The molecular formula is C19H28N2O3. The van der Waals surface area contributed by atoms with Crippen LogP contribution in [-0.4, -0.2) is 49.3 Å². The van der Waals surface area contributed by atoms with Gasteiger partial charge in [0.25, 0.3) is 5.91 Å². The van der Waals surface area contributed by atoms with Crippen LogP contribution in [0.15, 0.2) is 18.2 Å². The van der Waals surface area contributed by atoms with Crippen molar-refractivity contribution in [1.29, 1.82) is 0 Å². The van der Waals surface area contributed by atoms with Crippen molar-refractivity contribution in [3.63, 3.8) is 0 Å². The molecule has 1 saturated carbocycles. The summed E-state index contributed by atoms with van der Waals surface area (Å²) in [5.41, 5.74) is 7.16. The molecule has 5 heteroatoms. The molecule has 1 spiro atoms. The number of nitrogens with zero attached hydrogens (tertiary/aromatic N) is 1. The molecule has 5 nitrogen and oxygen atoms in total. The average Bonchev–Trinajstić information content (AvgIpc) is 3.02. The van der Waals surface area contributed by atoms with Gasteiger partial charge in [0, 0.05) is 6.54 Å². The first-order valence-corrected chi connectivity index (χ1v) is 9.00.